The van der Waals surface area contributed by atoms with E-state index >= 15 is 0 Å². The fraction of sp³-hybridized carbons (Fsp3) is 0.407. The zero-order valence-corrected chi connectivity index (χ0v) is 19.9. The summed E-state index contributed by atoms with van der Waals surface area (Å²) in [6.07, 6.45) is 1.51. The molecule has 1 amide bonds. The lowest BCUT2D eigenvalue weighted by molar-refractivity contribution is -0.140. The Hall–Kier alpha value is -3.23. The SMILES string of the molecule is CCCOc1cccc([C@H]2C(=C(O)c3ccc(F)cc3)C(=O)C(=O)N2CCCN2CCOCC2)c1. The zero-order chi connectivity index (χ0) is 24.8. The highest BCUT2D eigenvalue weighted by atomic mass is 19.1. The molecule has 0 spiro atoms. The number of rotatable bonds is 9. The maximum Gasteiger partial charge on any atom is 0.295 e. The Labute approximate surface area is 204 Å². The molecule has 35 heavy (non-hydrogen) atoms. The molecule has 2 aromatic carbocycles. The van der Waals surface area contributed by atoms with Crippen molar-refractivity contribution < 1.29 is 28.6 Å². The Kier molecular flexibility index (Phi) is 8.15. The van der Waals surface area contributed by atoms with E-state index in [0.717, 1.165) is 26.1 Å². The maximum atomic E-state index is 13.5. The van der Waals surface area contributed by atoms with Gasteiger partial charge in [-0.25, -0.2) is 4.39 Å². The first kappa shape index (κ1) is 24.9. The molecule has 0 aliphatic carbocycles. The number of benzene rings is 2. The van der Waals surface area contributed by atoms with Crippen LogP contribution in [-0.4, -0.2) is 72.6 Å². The van der Waals surface area contributed by atoms with Crippen LogP contribution in [0.3, 0.4) is 0 Å². The first-order valence-electron chi connectivity index (χ1n) is 12.1. The molecule has 2 aliphatic rings. The number of carbonyl (C=O) groups excluding carboxylic acids is 2. The fourth-order valence-electron chi connectivity index (χ4n) is 4.50. The van der Waals surface area contributed by atoms with Crippen LogP contribution in [0.15, 0.2) is 54.1 Å². The smallest absolute Gasteiger partial charge is 0.295 e. The summed E-state index contributed by atoms with van der Waals surface area (Å²) < 4.78 is 24.6. The number of carbonyl (C=O) groups is 2. The van der Waals surface area contributed by atoms with E-state index in [4.69, 9.17) is 9.47 Å². The van der Waals surface area contributed by atoms with E-state index in [9.17, 15) is 19.1 Å². The molecule has 2 fully saturated rings. The third-order valence-electron chi connectivity index (χ3n) is 6.28. The summed E-state index contributed by atoms with van der Waals surface area (Å²) in [4.78, 5) is 30.1. The number of ketones is 1. The van der Waals surface area contributed by atoms with Crippen LogP contribution in [0, 0.1) is 5.82 Å². The Bertz CT molecular complexity index is 1080. The highest BCUT2D eigenvalue weighted by molar-refractivity contribution is 6.46. The molecular formula is C27H31FN2O5. The topological polar surface area (TPSA) is 79.3 Å². The number of likely N-dealkylation sites (tertiary alicyclic amines) is 1. The molecule has 8 heteroatoms. The molecule has 1 N–H and O–H groups in total. The van der Waals surface area contributed by atoms with Gasteiger partial charge in [0, 0.05) is 31.7 Å². The molecule has 2 aliphatic heterocycles. The Balaban J connectivity index is 1.67. The average Bonchev–Trinajstić information content (AvgIpc) is 3.13. The summed E-state index contributed by atoms with van der Waals surface area (Å²) in [5.74, 6) is -1.54. The Morgan fingerprint density at radius 1 is 1.11 bits per heavy atom. The number of ether oxygens (including phenoxy) is 2. The summed E-state index contributed by atoms with van der Waals surface area (Å²) in [5, 5.41) is 11.1. The third-order valence-corrected chi connectivity index (χ3v) is 6.28. The van der Waals surface area contributed by atoms with Gasteiger partial charge in [0.05, 0.1) is 31.4 Å². The van der Waals surface area contributed by atoms with Crippen molar-refractivity contribution in [3.8, 4) is 5.75 Å². The summed E-state index contributed by atoms with van der Waals surface area (Å²) in [5.41, 5.74) is 0.953. The summed E-state index contributed by atoms with van der Waals surface area (Å²) in [7, 11) is 0. The minimum Gasteiger partial charge on any atom is -0.507 e. The molecule has 0 saturated carbocycles. The molecule has 7 nitrogen and oxygen atoms in total. The van der Waals surface area contributed by atoms with E-state index in [2.05, 4.69) is 4.90 Å². The molecule has 4 rings (SSSR count). The molecule has 2 aromatic rings. The normalized spacial score (nSPS) is 20.4. The molecule has 1 atom stereocenters. The molecule has 0 aromatic heterocycles. The lowest BCUT2D eigenvalue weighted by Crippen LogP contribution is -2.38. The van der Waals surface area contributed by atoms with Crippen molar-refractivity contribution in [2.75, 3.05) is 46.0 Å². The molecule has 2 heterocycles. The van der Waals surface area contributed by atoms with Crippen molar-refractivity contribution in [1.82, 2.24) is 9.80 Å². The lowest BCUT2D eigenvalue weighted by Gasteiger charge is -2.29. The molecule has 0 bridgehead atoms. The second-order valence-corrected chi connectivity index (χ2v) is 8.73. The van der Waals surface area contributed by atoms with Gasteiger partial charge in [0.1, 0.15) is 17.3 Å². The van der Waals surface area contributed by atoms with Gasteiger partial charge in [-0.2, -0.15) is 0 Å². The second-order valence-electron chi connectivity index (χ2n) is 8.73. The van der Waals surface area contributed by atoms with Crippen LogP contribution >= 0.6 is 0 Å². The second kappa shape index (κ2) is 11.5. The largest absolute Gasteiger partial charge is 0.507 e. The number of hydrogen-bond acceptors (Lipinski definition) is 6. The first-order chi connectivity index (χ1) is 17.0. The van der Waals surface area contributed by atoms with Gasteiger partial charge in [0.2, 0.25) is 0 Å². The molecule has 2 saturated heterocycles. The molecule has 186 valence electrons. The van der Waals surface area contributed by atoms with E-state index in [-0.39, 0.29) is 16.9 Å². The number of hydrogen-bond donors (Lipinski definition) is 1. The van der Waals surface area contributed by atoms with Crippen molar-refractivity contribution in [2.45, 2.75) is 25.8 Å². The monoisotopic (exact) mass is 482 g/mol. The van der Waals surface area contributed by atoms with Crippen molar-refractivity contribution in [1.29, 1.82) is 0 Å². The van der Waals surface area contributed by atoms with E-state index < -0.39 is 23.5 Å². The predicted molar refractivity (Wildman–Crippen MR) is 130 cm³/mol. The molecule has 0 unspecified atom stereocenters. The first-order valence-corrected chi connectivity index (χ1v) is 12.1. The Morgan fingerprint density at radius 3 is 2.57 bits per heavy atom. The number of halogens is 1. The Morgan fingerprint density at radius 2 is 1.86 bits per heavy atom. The number of amides is 1. The molecule has 0 radical (unpaired) electrons. The lowest BCUT2D eigenvalue weighted by atomic mass is 9.95. The van der Waals surface area contributed by atoms with Gasteiger partial charge in [-0.3, -0.25) is 14.5 Å². The van der Waals surface area contributed by atoms with E-state index in [0.29, 0.717) is 44.1 Å². The van der Waals surface area contributed by atoms with Gasteiger partial charge in [-0.05, 0) is 54.8 Å². The van der Waals surface area contributed by atoms with E-state index in [1.165, 1.54) is 29.2 Å². The van der Waals surface area contributed by atoms with Gasteiger partial charge in [-0.1, -0.05) is 19.1 Å². The van der Waals surface area contributed by atoms with Crippen LogP contribution in [0.5, 0.6) is 5.75 Å². The highest BCUT2D eigenvalue weighted by Gasteiger charge is 2.46. The van der Waals surface area contributed by atoms with E-state index in [1.807, 2.05) is 25.1 Å². The summed E-state index contributed by atoms with van der Waals surface area (Å²) >= 11 is 0. The van der Waals surface area contributed by atoms with Crippen LogP contribution in [0.1, 0.15) is 36.9 Å². The number of aliphatic hydroxyl groups is 1. The number of morpholine rings is 1. The van der Waals surface area contributed by atoms with E-state index in [1.54, 1.807) is 6.07 Å². The quantitative estimate of drug-likeness (QED) is 0.333. The minimum atomic E-state index is -0.769. The van der Waals surface area contributed by atoms with Crippen LogP contribution < -0.4 is 4.74 Å². The fourth-order valence-corrected chi connectivity index (χ4v) is 4.50. The van der Waals surface area contributed by atoms with Gasteiger partial charge >= 0.3 is 0 Å². The van der Waals surface area contributed by atoms with Gasteiger partial charge in [0.15, 0.2) is 0 Å². The van der Waals surface area contributed by atoms with Crippen molar-refractivity contribution >= 4 is 17.4 Å². The van der Waals surface area contributed by atoms with Gasteiger partial charge in [0.25, 0.3) is 11.7 Å². The van der Waals surface area contributed by atoms with Crippen LogP contribution in [0.2, 0.25) is 0 Å². The van der Waals surface area contributed by atoms with Gasteiger partial charge < -0.3 is 19.5 Å². The van der Waals surface area contributed by atoms with Crippen molar-refractivity contribution in [2.24, 2.45) is 0 Å². The highest BCUT2D eigenvalue weighted by Crippen LogP contribution is 2.40. The predicted octanol–water partition coefficient (Wildman–Crippen LogP) is 3.76. The zero-order valence-electron chi connectivity index (χ0n) is 19.9. The van der Waals surface area contributed by atoms with Crippen molar-refractivity contribution in [3.05, 3.63) is 71.0 Å². The average molecular weight is 483 g/mol. The third kappa shape index (κ3) is 5.71. The number of aliphatic hydroxyl groups excluding tert-OH is 1. The van der Waals surface area contributed by atoms with Gasteiger partial charge in [-0.15, -0.1) is 0 Å². The van der Waals surface area contributed by atoms with Crippen LogP contribution in [0.25, 0.3) is 5.76 Å². The van der Waals surface area contributed by atoms with Crippen LogP contribution in [-0.2, 0) is 14.3 Å². The van der Waals surface area contributed by atoms with Crippen LogP contribution in [0.4, 0.5) is 4.39 Å². The maximum absolute atomic E-state index is 13.5. The number of Topliss-reactive ketones (excluding diaryl/α,β-unsaturated/α-hetero) is 1. The van der Waals surface area contributed by atoms with Crippen molar-refractivity contribution in [3.63, 3.8) is 0 Å². The summed E-state index contributed by atoms with van der Waals surface area (Å²) in [6, 6.07) is 11.7. The summed E-state index contributed by atoms with van der Waals surface area (Å²) in [6.45, 7) is 6.73. The standard InChI is InChI=1S/C27H31FN2O5/c1-2-15-35-22-6-3-5-20(18-22)24-23(25(31)19-7-9-21(28)10-8-19)26(32)27(33)30(24)12-4-11-29-13-16-34-17-14-29/h3,5-10,18,24,31H,2,4,11-17H2,1H3/t24-/m0/s1. The minimum absolute atomic E-state index is 0.000576. The number of nitrogens with zero attached hydrogens (tertiary/aromatic N) is 2. The molecular weight excluding hydrogens is 451 g/mol.